The molecule has 5 heteroatoms. The molecule has 0 heterocycles. The first-order valence-corrected chi connectivity index (χ1v) is 7.33. The molecule has 2 aromatic rings. The van der Waals surface area contributed by atoms with E-state index in [9.17, 15) is 0 Å². The minimum atomic E-state index is 0.609. The Morgan fingerprint density at radius 3 is 2.40 bits per heavy atom. The second-order valence-corrected chi connectivity index (χ2v) is 5.03. The predicted octanol–water partition coefficient (Wildman–Crippen LogP) is 3.75. The highest BCUT2D eigenvalue weighted by Gasteiger charge is 2.09. The Bertz CT molecular complexity index is 602. The van der Waals surface area contributed by atoms with Crippen LogP contribution in [0.2, 0.25) is 0 Å². The lowest BCUT2D eigenvalue weighted by atomic mass is 10.2. The molecular weight excluding hydrogens is 272 g/mol. The average Bonchev–Trinajstić information content (AvgIpc) is 2.49. The predicted molar refractivity (Wildman–Crippen MR) is 85.5 cm³/mol. The quantitative estimate of drug-likeness (QED) is 0.649. The van der Waals surface area contributed by atoms with Gasteiger partial charge >= 0.3 is 0 Å². The van der Waals surface area contributed by atoms with Crippen molar-refractivity contribution >= 4 is 28.8 Å². The second-order valence-electron chi connectivity index (χ2n) is 4.15. The number of ether oxygens (including phenoxy) is 2. The van der Waals surface area contributed by atoms with E-state index >= 15 is 0 Å². The van der Waals surface area contributed by atoms with Crippen LogP contribution in [0.3, 0.4) is 0 Å². The lowest BCUT2D eigenvalue weighted by Gasteiger charge is -2.14. The van der Waals surface area contributed by atoms with E-state index in [1.54, 1.807) is 32.0 Å². The molecule has 0 atom stereocenters. The molecule has 106 valence electrons. The number of nitrogens with one attached hydrogen (secondary N) is 1. The summed E-state index contributed by atoms with van der Waals surface area (Å²) in [4.78, 5) is 1.19. The van der Waals surface area contributed by atoms with Gasteiger partial charge in [-0.3, -0.25) is 0 Å². The molecule has 2 aromatic carbocycles. The molecule has 20 heavy (non-hydrogen) atoms. The number of hydrogen-bond acceptors (Lipinski definition) is 5. The molecule has 0 aromatic heterocycles. The van der Waals surface area contributed by atoms with Crippen molar-refractivity contribution in [3.05, 3.63) is 36.4 Å². The SMILES string of the molecule is COc1cc(N)c(Nc2cccc(SC)c2)cc1OC. The van der Waals surface area contributed by atoms with Gasteiger partial charge in [0, 0.05) is 22.7 Å². The van der Waals surface area contributed by atoms with Gasteiger partial charge in [0.05, 0.1) is 25.6 Å². The summed E-state index contributed by atoms with van der Waals surface area (Å²) in [5.41, 5.74) is 8.42. The standard InChI is InChI=1S/C15H18N2O2S/c1-18-14-8-12(16)13(9-15(14)19-2)17-10-5-4-6-11(7-10)20-3/h4-9,17H,16H2,1-3H3. The van der Waals surface area contributed by atoms with E-state index < -0.39 is 0 Å². The number of methoxy groups -OCH3 is 2. The number of nitrogens with two attached hydrogens (primary N) is 1. The average molecular weight is 290 g/mol. The van der Waals surface area contributed by atoms with Crippen LogP contribution in [-0.4, -0.2) is 20.5 Å². The summed E-state index contributed by atoms with van der Waals surface area (Å²) in [6.45, 7) is 0. The first-order chi connectivity index (χ1) is 9.67. The fourth-order valence-electron chi connectivity index (χ4n) is 1.86. The van der Waals surface area contributed by atoms with Crippen LogP contribution in [0.25, 0.3) is 0 Å². The van der Waals surface area contributed by atoms with Crippen LogP contribution in [0.4, 0.5) is 17.1 Å². The van der Waals surface area contributed by atoms with Crippen molar-refractivity contribution in [1.29, 1.82) is 0 Å². The van der Waals surface area contributed by atoms with Crippen LogP contribution in [0.5, 0.6) is 11.5 Å². The maximum atomic E-state index is 6.04. The van der Waals surface area contributed by atoms with Crippen molar-refractivity contribution in [3.8, 4) is 11.5 Å². The van der Waals surface area contributed by atoms with E-state index in [4.69, 9.17) is 15.2 Å². The number of nitrogen functional groups attached to an aromatic ring is 1. The van der Waals surface area contributed by atoms with Gasteiger partial charge < -0.3 is 20.5 Å². The Kier molecular flexibility index (Phi) is 4.63. The molecule has 0 aliphatic carbocycles. The Balaban J connectivity index is 2.32. The number of hydrogen-bond donors (Lipinski definition) is 2. The summed E-state index contributed by atoms with van der Waals surface area (Å²) in [6, 6.07) is 11.7. The highest BCUT2D eigenvalue weighted by molar-refractivity contribution is 7.98. The minimum Gasteiger partial charge on any atom is -0.493 e. The van der Waals surface area contributed by atoms with Crippen LogP contribution in [0.1, 0.15) is 0 Å². The lowest BCUT2D eigenvalue weighted by Crippen LogP contribution is -1.99. The van der Waals surface area contributed by atoms with E-state index in [-0.39, 0.29) is 0 Å². The zero-order valence-corrected chi connectivity index (χ0v) is 12.6. The van der Waals surface area contributed by atoms with Crippen LogP contribution in [0, 0.1) is 0 Å². The van der Waals surface area contributed by atoms with E-state index in [1.807, 2.05) is 24.5 Å². The molecule has 0 spiro atoms. The highest BCUT2D eigenvalue weighted by atomic mass is 32.2. The van der Waals surface area contributed by atoms with Crippen molar-refractivity contribution in [2.24, 2.45) is 0 Å². The number of thioether (sulfide) groups is 1. The molecule has 0 radical (unpaired) electrons. The smallest absolute Gasteiger partial charge is 0.162 e. The molecule has 0 unspecified atom stereocenters. The maximum absolute atomic E-state index is 6.04. The van der Waals surface area contributed by atoms with Crippen LogP contribution in [-0.2, 0) is 0 Å². The Morgan fingerprint density at radius 2 is 1.75 bits per heavy atom. The number of rotatable bonds is 5. The normalized spacial score (nSPS) is 10.2. The van der Waals surface area contributed by atoms with Gasteiger partial charge in [0.15, 0.2) is 11.5 Å². The van der Waals surface area contributed by atoms with E-state index in [0.717, 1.165) is 11.4 Å². The van der Waals surface area contributed by atoms with Gasteiger partial charge in [0.2, 0.25) is 0 Å². The Hall–Kier alpha value is -2.01. The van der Waals surface area contributed by atoms with Crippen LogP contribution in [0.15, 0.2) is 41.3 Å². The van der Waals surface area contributed by atoms with Crippen LogP contribution >= 0.6 is 11.8 Å². The molecule has 0 bridgehead atoms. The second kappa shape index (κ2) is 6.43. The lowest BCUT2D eigenvalue weighted by molar-refractivity contribution is 0.355. The number of benzene rings is 2. The van der Waals surface area contributed by atoms with Gasteiger partial charge in [0.25, 0.3) is 0 Å². The highest BCUT2D eigenvalue weighted by Crippen LogP contribution is 2.36. The third-order valence-electron chi connectivity index (χ3n) is 2.90. The van der Waals surface area contributed by atoms with Gasteiger partial charge in [-0.05, 0) is 24.5 Å². The Labute approximate surface area is 123 Å². The summed E-state index contributed by atoms with van der Waals surface area (Å²) < 4.78 is 10.5. The topological polar surface area (TPSA) is 56.5 Å². The molecule has 3 N–H and O–H groups in total. The number of anilines is 3. The third-order valence-corrected chi connectivity index (χ3v) is 3.63. The molecule has 0 amide bonds. The molecule has 2 rings (SSSR count). The van der Waals surface area contributed by atoms with Crippen molar-refractivity contribution < 1.29 is 9.47 Å². The summed E-state index contributed by atoms with van der Waals surface area (Å²) in [5.74, 6) is 1.26. The molecule has 0 aliphatic rings. The zero-order chi connectivity index (χ0) is 14.5. The maximum Gasteiger partial charge on any atom is 0.162 e. The molecule has 0 saturated heterocycles. The Morgan fingerprint density at radius 1 is 1.05 bits per heavy atom. The van der Waals surface area contributed by atoms with Crippen LogP contribution < -0.4 is 20.5 Å². The summed E-state index contributed by atoms with van der Waals surface area (Å²) >= 11 is 1.70. The van der Waals surface area contributed by atoms with Gasteiger partial charge in [0.1, 0.15) is 0 Å². The summed E-state index contributed by atoms with van der Waals surface area (Å²) in [7, 11) is 3.19. The van der Waals surface area contributed by atoms with Crippen molar-refractivity contribution in [2.45, 2.75) is 4.90 Å². The zero-order valence-electron chi connectivity index (χ0n) is 11.8. The summed E-state index contributed by atoms with van der Waals surface area (Å²) in [5, 5.41) is 3.30. The minimum absolute atomic E-state index is 0.609. The monoisotopic (exact) mass is 290 g/mol. The molecule has 4 nitrogen and oxygen atoms in total. The molecule has 0 fully saturated rings. The van der Waals surface area contributed by atoms with Gasteiger partial charge in [-0.2, -0.15) is 0 Å². The van der Waals surface area contributed by atoms with Gasteiger partial charge in [-0.1, -0.05) is 6.07 Å². The molecule has 0 saturated carbocycles. The van der Waals surface area contributed by atoms with Gasteiger partial charge in [-0.25, -0.2) is 0 Å². The fourth-order valence-corrected chi connectivity index (χ4v) is 2.32. The molecule has 0 aliphatic heterocycles. The van der Waals surface area contributed by atoms with Gasteiger partial charge in [-0.15, -0.1) is 11.8 Å². The fraction of sp³-hybridized carbons (Fsp3) is 0.200. The van der Waals surface area contributed by atoms with Crippen molar-refractivity contribution in [2.75, 3.05) is 31.5 Å². The molecular formula is C15H18N2O2S. The largest absolute Gasteiger partial charge is 0.493 e. The first kappa shape index (κ1) is 14.4. The third kappa shape index (κ3) is 3.11. The van der Waals surface area contributed by atoms with Crippen molar-refractivity contribution in [1.82, 2.24) is 0 Å². The van der Waals surface area contributed by atoms with E-state index in [1.165, 1.54) is 4.90 Å². The summed E-state index contributed by atoms with van der Waals surface area (Å²) in [6.07, 6.45) is 2.05. The first-order valence-electron chi connectivity index (χ1n) is 6.10. The van der Waals surface area contributed by atoms with Crippen molar-refractivity contribution in [3.63, 3.8) is 0 Å². The van der Waals surface area contributed by atoms with E-state index in [2.05, 4.69) is 17.4 Å². The van der Waals surface area contributed by atoms with E-state index in [0.29, 0.717) is 17.2 Å².